The maximum Gasteiger partial charge on any atom is 0.306 e. The van der Waals surface area contributed by atoms with Crippen molar-refractivity contribution < 1.29 is 28.5 Å². The average molecular weight is 600 g/mol. The number of anilines is 1. The average Bonchev–Trinajstić information content (AvgIpc) is 3.03. The van der Waals surface area contributed by atoms with E-state index in [9.17, 15) is 9.59 Å². The molecule has 0 radical (unpaired) electrons. The van der Waals surface area contributed by atoms with Crippen LogP contribution in [0.2, 0.25) is 0 Å². The highest BCUT2D eigenvalue weighted by molar-refractivity contribution is 7.80. The van der Waals surface area contributed by atoms with Crippen molar-refractivity contribution in [3.8, 4) is 11.5 Å². The summed E-state index contributed by atoms with van der Waals surface area (Å²) in [5, 5.41) is 3.37. The standard InChI is InChI=1S/C32H45N3O6S/c1-38-29-21-25(6-9-28(29)41-17-16-40-18-19-42)26(22-31(37)39-2)20-23-11-14-35(15-12-23)30(36)10-8-27-7-5-24-4-3-13-33-32(24)34-27/h5-7,9,21,23,26,42H,3-4,8,10-20,22H2,1-2H3,(H,33,34). The lowest BCUT2D eigenvalue weighted by atomic mass is 9.82. The zero-order chi connectivity index (χ0) is 29.7. The van der Waals surface area contributed by atoms with Gasteiger partial charge in [0.15, 0.2) is 11.5 Å². The minimum Gasteiger partial charge on any atom is -0.493 e. The number of amides is 1. The van der Waals surface area contributed by atoms with Crippen LogP contribution in [-0.4, -0.2) is 81.2 Å². The van der Waals surface area contributed by atoms with Gasteiger partial charge in [0, 0.05) is 37.5 Å². The summed E-state index contributed by atoms with van der Waals surface area (Å²) in [6.07, 6.45) is 6.27. The summed E-state index contributed by atoms with van der Waals surface area (Å²) >= 11 is 4.14. The zero-order valence-corrected chi connectivity index (χ0v) is 25.8. The van der Waals surface area contributed by atoms with Crippen molar-refractivity contribution in [2.75, 3.05) is 64.7 Å². The van der Waals surface area contributed by atoms with Gasteiger partial charge in [0.1, 0.15) is 12.4 Å². The topological polar surface area (TPSA) is 99.2 Å². The fourth-order valence-corrected chi connectivity index (χ4v) is 5.91. The second-order valence-corrected chi connectivity index (χ2v) is 11.4. The van der Waals surface area contributed by atoms with Crippen LogP contribution in [0.15, 0.2) is 30.3 Å². The van der Waals surface area contributed by atoms with Gasteiger partial charge in [-0.2, -0.15) is 12.6 Å². The normalized spacial score (nSPS) is 15.8. The Morgan fingerprint density at radius 1 is 1.10 bits per heavy atom. The van der Waals surface area contributed by atoms with Gasteiger partial charge in [0.2, 0.25) is 5.91 Å². The lowest BCUT2D eigenvalue weighted by molar-refractivity contribution is -0.141. The Morgan fingerprint density at radius 2 is 1.93 bits per heavy atom. The summed E-state index contributed by atoms with van der Waals surface area (Å²) < 4.78 is 21.9. The van der Waals surface area contributed by atoms with Gasteiger partial charge in [-0.15, -0.1) is 0 Å². The predicted octanol–water partition coefficient (Wildman–Crippen LogP) is 4.68. The second-order valence-electron chi connectivity index (χ2n) is 11.0. The van der Waals surface area contributed by atoms with Gasteiger partial charge in [-0.25, -0.2) is 4.98 Å². The number of fused-ring (bicyclic) bond motifs is 1. The predicted molar refractivity (Wildman–Crippen MR) is 166 cm³/mol. The monoisotopic (exact) mass is 599 g/mol. The number of benzene rings is 1. The van der Waals surface area contributed by atoms with Crippen molar-refractivity contribution in [2.45, 2.75) is 57.3 Å². The number of esters is 1. The molecule has 4 rings (SSSR count). The molecular formula is C32H45N3O6S. The van der Waals surface area contributed by atoms with Crippen molar-refractivity contribution in [1.82, 2.24) is 9.88 Å². The number of likely N-dealkylation sites (tertiary alicyclic amines) is 1. The number of methoxy groups -OCH3 is 2. The van der Waals surface area contributed by atoms with Crippen molar-refractivity contribution in [3.05, 3.63) is 47.2 Å². The Kier molecular flexibility index (Phi) is 12.6. The van der Waals surface area contributed by atoms with Crippen molar-refractivity contribution in [3.63, 3.8) is 0 Å². The minimum absolute atomic E-state index is 0.0185. The molecule has 0 aliphatic carbocycles. The second kappa shape index (κ2) is 16.6. The van der Waals surface area contributed by atoms with Gasteiger partial charge >= 0.3 is 5.97 Å². The fraction of sp³-hybridized carbons (Fsp3) is 0.594. The first-order chi connectivity index (χ1) is 20.5. The molecule has 230 valence electrons. The van der Waals surface area contributed by atoms with Crippen LogP contribution in [0.3, 0.4) is 0 Å². The molecule has 3 heterocycles. The SMILES string of the molecule is COC(=O)CC(CC1CCN(C(=O)CCc2ccc3c(n2)NCCC3)CC1)c1ccc(OCCOCCS)c(OC)c1. The van der Waals surface area contributed by atoms with Crippen LogP contribution in [0.4, 0.5) is 5.82 Å². The van der Waals surface area contributed by atoms with Crippen molar-refractivity contribution >= 4 is 30.3 Å². The van der Waals surface area contributed by atoms with E-state index in [1.807, 2.05) is 23.1 Å². The Bertz CT molecular complexity index is 1170. The number of hydrogen-bond acceptors (Lipinski definition) is 9. The molecule has 2 aliphatic heterocycles. The van der Waals surface area contributed by atoms with E-state index < -0.39 is 0 Å². The van der Waals surface area contributed by atoms with Crippen LogP contribution in [0.5, 0.6) is 11.5 Å². The number of hydrogen-bond donors (Lipinski definition) is 2. The van der Waals surface area contributed by atoms with Crippen LogP contribution in [0, 0.1) is 5.92 Å². The van der Waals surface area contributed by atoms with Crippen LogP contribution in [0.1, 0.15) is 61.3 Å². The Morgan fingerprint density at radius 3 is 2.69 bits per heavy atom. The fourth-order valence-electron chi connectivity index (χ4n) is 5.78. The maximum absolute atomic E-state index is 13.0. The summed E-state index contributed by atoms with van der Waals surface area (Å²) in [5.41, 5.74) is 3.24. The smallest absolute Gasteiger partial charge is 0.306 e. The molecule has 1 fully saturated rings. The van der Waals surface area contributed by atoms with Gasteiger partial charge in [-0.3, -0.25) is 9.59 Å². The molecule has 42 heavy (non-hydrogen) atoms. The van der Waals surface area contributed by atoms with E-state index in [-0.39, 0.29) is 17.8 Å². The molecule has 1 saturated heterocycles. The highest BCUT2D eigenvalue weighted by atomic mass is 32.1. The number of nitrogens with zero attached hydrogens (tertiary/aromatic N) is 2. The number of rotatable bonds is 15. The molecule has 1 N–H and O–H groups in total. The number of carbonyl (C=O) groups is 2. The first kappa shape index (κ1) is 31.9. The number of ether oxygens (including phenoxy) is 4. The lowest BCUT2D eigenvalue weighted by Gasteiger charge is -2.34. The molecular weight excluding hydrogens is 554 g/mol. The Balaban J connectivity index is 1.30. The van der Waals surface area contributed by atoms with Gasteiger partial charge in [0.25, 0.3) is 0 Å². The van der Waals surface area contributed by atoms with Gasteiger partial charge < -0.3 is 29.2 Å². The van der Waals surface area contributed by atoms with Crippen molar-refractivity contribution in [2.24, 2.45) is 5.92 Å². The molecule has 2 aromatic rings. The number of nitrogens with one attached hydrogen (secondary N) is 1. The van der Waals surface area contributed by atoms with E-state index in [1.54, 1.807) is 7.11 Å². The highest BCUT2D eigenvalue weighted by Gasteiger charge is 2.27. The number of piperidine rings is 1. The summed E-state index contributed by atoms with van der Waals surface area (Å²) in [4.78, 5) is 32.1. The molecule has 10 heteroatoms. The molecule has 0 bridgehead atoms. The van der Waals surface area contributed by atoms with Crippen molar-refractivity contribution in [1.29, 1.82) is 0 Å². The van der Waals surface area contributed by atoms with E-state index in [0.717, 1.165) is 68.8 Å². The quantitative estimate of drug-likeness (QED) is 0.173. The highest BCUT2D eigenvalue weighted by Crippen LogP contribution is 2.37. The zero-order valence-electron chi connectivity index (χ0n) is 24.9. The van der Waals surface area contributed by atoms with E-state index in [2.05, 4.69) is 30.1 Å². The first-order valence-electron chi connectivity index (χ1n) is 15.1. The molecule has 0 spiro atoms. The molecule has 1 aromatic carbocycles. The van der Waals surface area contributed by atoms with Crippen LogP contribution in [0.25, 0.3) is 0 Å². The summed E-state index contributed by atoms with van der Waals surface area (Å²) in [6.45, 7) is 3.89. The lowest BCUT2D eigenvalue weighted by Crippen LogP contribution is -2.39. The maximum atomic E-state index is 13.0. The number of carbonyl (C=O) groups excluding carboxylic acids is 2. The molecule has 1 unspecified atom stereocenters. The number of aromatic nitrogens is 1. The van der Waals surface area contributed by atoms with E-state index in [1.165, 1.54) is 12.7 Å². The molecule has 1 amide bonds. The van der Waals surface area contributed by atoms with E-state index in [0.29, 0.717) is 62.3 Å². The first-order valence-corrected chi connectivity index (χ1v) is 15.7. The van der Waals surface area contributed by atoms with Crippen LogP contribution >= 0.6 is 12.6 Å². The molecule has 1 aromatic heterocycles. The van der Waals surface area contributed by atoms with Gasteiger partial charge in [-0.1, -0.05) is 12.1 Å². The van der Waals surface area contributed by atoms with Gasteiger partial charge in [0.05, 0.1) is 33.9 Å². The third kappa shape index (κ3) is 9.26. The Labute approximate surface area is 255 Å². The number of pyridine rings is 1. The van der Waals surface area contributed by atoms with Gasteiger partial charge in [-0.05, 0) is 79.7 Å². The summed E-state index contributed by atoms with van der Waals surface area (Å²) in [7, 11) is 3.04. The molecule has 2 aliphatic rings. The van der Waals surface area contributed by atoms with Crippen LogP contribution < -0.4 is 14.8 Å². The Hall–Kier alpha value is -2.98. The molecule has 1 atom stereocenters. The summed E-state index contributed by atoms with van der Waals surface area (Å²) in [5.74, 6) is 3.24. The largest absolute Gasteiger partial charge is 0.493 e. The molecule has 9 nitrogen and oxygen atoms in total. The number of thiol groups is 1. The minimum atomic E-state index is -0.237. The van der Waals surface area contributed by atoms with E-state index in [4.69, 9.17) is 23.9 Å². The molecule has 0 saturated carbocycles. The third-order valence-corrected chi connectivity index (χ3v) is 8.34. The third-order valence-electron chi connectivity index (χ3n) is 8.15. The van der Waals surface area contributed by atoms with Crippen LogP contribution in [-0.2, 0) is 31.9 Å². The number of aryl methyl sites for hydroxylation is 2. The van der Waals surface area contributed by atoms with E-state index >= 15 is 0 Å². The summed E-state index contributed by atoms with van der Waals surface area (Å²) in [6, 6.07) is 10.1.